The van der Waals surface area contributed by atoms with Crippen LogP contribution in [-0.4, -0.2) is 31.3 Å². The predicted octanol–water partition coefficient (Wildman–Crippen LogP) is -3.03. The molecule has 0 amide bonds. The molecule has 0 spiro atoms. The Morgan fingerprint density at radius 3 is 2.47 bits per heavy atom. The van der Waals surface area contributed by atoms with Gasteiger partial charge in [-0.1, -0.05) is 12.1 Å². The van der Waals surface area contributed by atoms with E-state index in [0.717, 1.165) is 6.07 Å². The molecule has 1 aromatic rings. The summed E-state index contributed by atoms with van der Waals surface area (Å²) in [5, 5.41) is 8.47. The van der Waals surface area contributed by atoms with Crippen molar-refractivity contribution in [2.24, 2.45) is 0 Å². The molecule has 0 aliphatic rings. The van der Waals surface area contributed by atoms with Gasteiger partial charge in [0.05, 0.1) is 11.5 Å². The van der Waals surface area contributed by atoms with E-state index in [1.165, 1.54) is 12.1 Å². The van der Waals surface area contributed by atoms with Crippen LogP contribution in [0.2, 0.25) is 0 Å². The Morgan fingerprint density at radius 1 is 1.33 bits per heavy atom. The molecule has 0 radical (unpaired) electrons. The van der Waals surface area contributed by atoms with E-state index in [0.29, 0.717) is 0 Å². The second-order valence-corrected chi connectivity index (χ2v) is 3.82. The Labute approximate surface area is 110 Å². The Kier molecular flexibility index (Phi) is 6.42. The van der Waals surface area contributed by atoms with Crippen LogP contribution in [0.3, 0.4) is 0 Å². The molecule has 0 bridgehead atoms. The van der Waals surface area contributed by atoms with Crippen LogP contribution in [0.1, 0.15) is 0 Å². The van der Waals surface area contributed by atoms with Crippen molar-refractivity contribution >= 4 is 10.1 Å². The van der Waals surface area contributed by atoms with Gasteiger partial charge in [-0.15, -0.1) is 0 Å². The summed E-state index contributed by atoms with van der Waals surface area (Å²) in [5.74, 6) is -0.0310. The molecule has 0 heterocycles. The second-order valence-electron chi connectivity index (χ2n) is 2.47. The standard InChI is InChI=1S/C8H10O5S.Na/c9-5-6-13-7-3-1-2-4-8(7)14(10,11)12;/h1-4,9H,5-6H2,(H,10,11,12);/q;+1/p-1. The molecule has 0 unspecified atom stereocenters. The Morgan fingerprint density at radius 2 is 1.93 bits per heavy atom. The van der Waals surface area contributed by atoms with Crippen molar-refractivity contribution < 1.29 is 52.4 Å². The summed E-state index contributed by atoms with van der Waals surface area (Å²) >= 11 is 0. The van der Waals surface area contributed by atoms with Gasteiger partial charge >= 0.3 is 29.6 Å². The number of hydrogen-bond acceptors (Lipinski definition) is 5. The molecule has 0 aliphatic heterocycles. The van der Waals surface area contributed by atoms with E-state index in [-0.39, 0.29) is 48.5 Å². The van der Waals surface area contributed by atoms with Gasteiger partial charge < -0.3 is 14.4 Å². The summed E-state index contributed by atoms with van der Waals surface area (Å²) in [7, 11) is -4.52. The maximum atomic E-state index is 10.7. The van der Waals surface area contributed by atoms with Crippen molar-refractivity contribution in [3.8, 4) is 5.75 Å². The molecule has 0 saturated carbocycles. The van der Waals surface area contributed by atoms with Crippen LogP contribution in [0.15, 0.2) is 29.2 Å². The van der Waals surface area contributed by atoms with Crippen molar-refractivity contribution in [1.29, 1.82) is 0 Å². The van der Waals surface area contributed by atoms with Crippen molar-refractivity contribution in [1.82, 2.24) is 0 Å². The number of benzene rings is 1. The number of ether oxygens (including phenoxy) is 1. The molecule has 1 rings (SSSR count). The van der Waals surface area contributed by atoms with E-state index in [2.05, 4.69) is 0 Å². The zero-order chi connectivity index (χ0) is 10.6. The molecule has 78 valence electrons. The summed E-state index contributed by atoms with van der Waals surface area (Å²) in [6.45, 7) is -0.292. The fourth-order valence-electron chi connectivity index (χ4n) is 0.932. The minimum Gasteiger partial charge on any atom is -0.744 e. The monoisotopic (exact) mass is 240 g/mol. The molecule has 1 N–H and O–H groups in total. The van der Waals surface area contributed by atoms with Crippen LogP contribution in [0.5, 0.6) is 5.75 Å². The quantitative estimate of drug-likeness (QED) is 0.447. The maximum absolute atomic E-state index is 10.7. The minimum atomic E-state index is -4.52. The van der Waals surface area contributed by atoms with E-state index in [1.54, 1.807) is 6.07 Å². The fraction of sp³-hybridized carbons (Fsp3) is 0.250. The van der Waals surface area contributed by atoms with Gasteiger partial charge in [0.25, 0.3) is 0 Å². The van der Waals surface area contributed by atoms with Crippen LogP contribution >= 0.6 is 0 Å². The average molecular weight is 240 g/mol. The molecular formula is C8H9NaO5S. The van der Waals surface area contributed by atoms with Crippen molar-refractivity contribution in [3.05, 3.63) is 24.3 Å². The molecule has 5 nitrogen and oxygen atoms in total. The van der Waals surface area contributed by atoms with Crippen molar-refractivity contribution in [3.63, 3.8) is 0 Å². The van der Waals surface area contributed by atoms with E-state index < -0.39 is 15.0 Å². The van der Waals surface area contributed by atoms with Gasteiger partial charge in [-0.2, -0.15) is 0 Å². The second kappa shape index (κ2) is 6.47. The SMILES string of the molecule is O=S(=O)([O-])c1ccccc1OCCO.[Na+]. The summed E-state index contributed by atoms with van der Waals surface area (Å²) < 4.78 is 37.0. The van der Waals surface area contributed by atoms with Gasteiger partial charge in [0.15, 0.2) is 0 Å². The summed E-state index contributed by atoms with van der Waals surface area (Å²) in [6, 6.07) is 5.49. The van der Waals surface area contributed by atoms with Gasteiger partial charge in [-0.25, -0.2) is 8.42 Å². The molecule has 7 heteroatoms. The third-order valence-corrected chi connectivity index (χ3v) is 2.34. The Bertz CT molecular complexity index is 403. The predicted molar refractivity (Wildman–Crippen MR) is 47.0 cm³/mol. The van der Waals surface area contributed by atoms with Gasteiger partial charge in [0, 0.05) is 0 Å². The van der Waals surface area contributed by atoms with Gasteiger partial charge in [0.1, 0.15) is 22.5 Å². The van der Waals surface area contributed by atoms with E-state index in [4.69, 9.17) is 9.84 Å². The van der Waals surface area contributed by atoms with Crippen molar-refractivity contribution in [2.45, 2.75) is 4.90 Å². The molecule has 0 fully saturated rings. The first-order valence-corrected chi connectivity index (χ1v) is 5.25. The number of para-hydroxylation sites is 1. The molecule has 0 atom stereocenters. The van der Waals surface area contributed by atoms with Crippen LogP contribution in [0, 0.1) is 0 Å². The number of aliphatic hydroxyl groups excluding tert-OH is 1. The summed E-state index contributed by atoms with van der Waals surface area (Å²) in [4.78, 5) is -0.409. The Hall–Kier alpha value is -0.110. The van der Waals surface area contributed by atoms with Crippen LogP contribution < -0.4 is 34.3 Å². The minimum absolute atomic E-state index is 0. The van der Waals surface area contributed by atoms with E-state index in [1.807, 2.05) is 0 Å². The molecule has 0 aliphatic carbocycles. The number of rotatable bonds is 4. The number of hydrogen-bond donors (Lipinski definition) is 1. The van der Waals surface area contributed by atoms with E-state index in [9.17, 15) is 13.0 Å². The summed E-state index contributed by atoms with van der Waals surface area (Å²) in [6.07, 6.45) is 0. The largest absolute Gasteiger partial charge is 1.00 e. The zero-order valence-corrected chi connectivity index (χ0v) is 11.0. The van der Waals surface area contributed by atoms with Gasteiger partial charge in [-0.3, -0.25) is 0 Å². The van der Waals surface area contributed by atoms with Gasteiger partial charge in [-0.05, 0) is 12.1 Å². The van der Waals surface area contributed by atoms with Crippen LogP contribution in [-0.2, 0) is 10.1 Å². The molecule has 0 saturated heterocycles. The van der Waals surface area contributed by atoms with Crippen LogP contribution in [0.25, 0.3) is 0 Å². The normalized spacial score (nSPS) is 10.5. The topological polar surface area (TPSA) is 86.7 Å². The molecule has 0 aromatic heterocycles. The van der Waals surface area contributed by atoms with E-state index >= 15 is 0 Å². The first kappa shape index (κ1) is 14.9. The maximum Gasteiger partial charge on any atom is 1.00 e. The smallest absolute Gasteiger partial charge is 0.744 e. The fourth-order valence-corrected chi connectivity index (χ4v) is 1.55. The number of aliphatic hydroxyl groups is 1. The zero-order valence-electron chi connectivity index (χ0n) is 8.21. The first-order chi connectivity index (χ1) is 6.55. The third kappa shape index (κ3) is 4.50. The average Bonchev–Trinajstić information content (AvgIpc) is 2.14. The summed E-state index contributed by atoms with van der Waals surface area (Å²) in [5.41, 5.74) is 0. The molecule has 15 heavy (non-hydrogen) atoms. The molecule has 1 aromatic carbocycles. The first-order valence-electron chi connectivity index (χ1n) is 3.84. The van der Waals surface area contributed by atoms with Crippen LogP contribution in [0.4, 0.5) is 0 Å². The van der Waals surface area contributed by atoms with Crippen molar-refractivity contribution in [2.75, 3.05) is 13.2 Å². The Balaban J connectivity index is 0.00000196. The third-order valence-electron chi connectivity index (χ3n) is 1.47. The molecular weight excluding hydrogens is 231 g/mol. The van der Waals surface area contributed by atoms with Gasteiger partial charge in [0.2, 0.25) is 0 Å².